The van der Waals surface area contributed by atoms with Gasteiger partial charge in [-0.25, -0.2) is 0 Å². The minimum absolute atomic E-state index is 0.621. The van der Waals surface area contributed by atoms with Gasteiger partial charge in [0.1, 0.15) is 0 Å². The summed E-state index contributed by atoms with van der Waals surface area (Å²) in [7, 11) is 1.70. The molecule has 0 atom stereocenters. The largest absolute Gasteiger partial charge is 0.416 e. The van der Waals surface area contributed by atoms with Gasteiger partial charge in [0.2, 0.25) is 5.89 Å². The van der Waals surface area contributed by atoms with Crippen LogP contribution in [0.5, 0.6) is 0 Å². The van der Waals surface area contributed by atoms with Crippen molar-refractivity contribution in [3.63, 3.8) is 0 Å². The Morgan fingerprint density at radius 2 is 2.27 bits per heavy atom. The van der Waals surface area contributed by atoms with E-state index in [-0.39, 0.29) is 0 Å². The first kappa shape index (κ1) is 12.5. The molecule has 0 radical (unpaired) electrons. The van der Waals surface area contributed by atoms with Crippen LogP contribution in [-0.4, -0.2) is 42.8 Å². The van der Waals surface area contributed by atoms with Crippen molar-refractivity contribution in [2.45, 2.75) is 18.6 Å². The number of ether oxygens (including phenoxy) is 1. The van der Waals surface area contributed by atoms with Crippen molar-refractivity contribution >= 4 is 11.8 Å². The lowest BCUT2D eigenvalue weighted by Crippen LogP contribution is -2.20. The van der Waals surface area contributed by atoms with Crippen LogP contribution in [0.15, 0.2) is 9.64 Å². The SMILES string of the molecule is COCCNCCCSc1nnc(C)o1. The highest BCUT2D eigenvalue weighted by atomic mass is 32.2. The zero-order valence-electron chi connectivity index (χ0n) is 9.15. The van der Waals surface area contributed by atoms with Crippen LogP contribution in [-0.2, 0) is 4.74 Å². The molecule has 0 saturated heterocycles. The maximum atomic E-state index is 5.23. The Labute approximate surface area is 94.0 Å². The molecule has 1 N–H and O–H groups in total. The van der Waals surface area contributed by atoms with Crippen LogP contribution in [0.2, 0.25) is 0 Å². The average Bonchev–Trinajstić information content (AvgIpc) is 2.63. The van der Waals surface area contributed by atoms with E-state index in [2.05, 4.69) is 15.5 Å². The lowest BCUT2D eigenvalue weighted by atomic mass is 10.5. The summed E-state index contributed by atoms with van der Waals surface area (Å²) in [5.74, 6) is 1.61. The summed E-state index contributed by atoms with van der Waals surface area (Å²) < 4.78 is 10.1. The summed E-state index contributed by atoms with van der Waals surface area (Å²) in [5.41, 5.74) is 0. The lowest BCUT2D eigenvalue weighted by Gasteiger charge is -2.02. The van der Waals surface area contributed by atoms with Crippen LogP contribution in [0.4, 0.5) is 0 Å². The zero-order chi connectivity index (χ0) is 10.9. The molecule has 0 bridgehead atoms. The summed E-state index contributed by atoms with van der Waals surface area (Å²) in [6.07, 6.45) is 1.08. The Bertz CT molecular complexity index is 268. The fourth-order valence-electron chi connectivity index (χ4n) is 0.993. The normalized spacial score (nSPS) is 10.8. The van der Waals surface area contributed by atoms with E-state index in [1.807, 2.05) is 0 Å². The van der Waals surface area contributed by atoms with Gasteiger partial charge in [0, 0.05) is 26.3 Å². The van der Waals surface area contributed by atoms with E-state index in [0.29, 0.717) is 11.1 Å². The van der Waals surface area contributed by atoms with E-state index in [9.17, 15) is 0 Å². The van der Waals surface area contributed by atoms with Crippen molar-refractivity contribution < 1.29 is 9.15 Å². The van der Waals surface area contributed by atoms with Crippen LogP contribution in [0.1, 0.15) is 12.3 Å². The highest BCUT2D eigenvalue weighted by Gasteiger charge is 2.01. The Morgan fingerprint density at radius 1 is 1.40 bits per heavy atom. The molecule has 0 saturated carbocycles. The number of aromatic nitrogens is 2. The highest BCUT2D eigenvalue weighted by molar-refractivity contribution is 7.99. The average molecular weight is 231 g/mol. The van der Waals surface area contributed by atoms with Gasteiger partial charge in [-0.15, -0.1) is 10.2 Å². The van der Waals surface area contributed by atoms with Gasteiger partial charge in [-0.3, -0.25) is 0 Å². The zero-order valence-corrected chi connectivity index (χ0v) is 9.97. The first-order valence-corrected chi connectivity index (χ1v) is 5.94. The first-order chi connectivity index (χ1) is 7.33. The van der Waals surface area contributed by atoms with Crippen LogP contribution in [0, 0.1) is 6.92 Å². The summed E-state index contributed by atoms with van der Waals surface area (Å²) in [5, 5.41) is 11.6. The minimum Gasteiger partial charge on any atom is -0.416 e. The fourth-order valence-corrected chi connectivity index (χ4v) is 1.73. The van der Waals surface area contributed by atoms with E-state index >= 15 is 0 Å². The predicted molar refractivity (Wildman–Crippen MR) is 59.1 cm³/mol. The molecule has 0 aromatic carbocycles. The molecule has 0 aliphatic heterocycles. The molecule has 15 heavy (non-hydrogen) atoms. The number of thioether (sulfide) groups is 1. The smallest absolute Gasteiger partial charge is 0.276 e. The Balaban J connectivity index is 1.93. The van der Waals surface area contributed by atoms with Gasteiger partial charge in [0.05, 0.1) is 6.61 Å². The molecule has 1 aromatic rings. The number of methoxy groups -OCH3 is 1. The number of nitrogens with zero attached hydrogens (tertiary/aromatic N) is 2. The van der Waals surface area contributed by atoms with Crippen molar-refractivity contribution in [2.75, 3.05) is 32.6 Å². The minimum atomic E-state index is 0.621. The highest BCUT2D eigenvalue weighted by Crippen LogP contribution is 2.15. The summed E-state index contributed by atoms with van der Waals surface area (Å²) in [6, 6.07) is 0. The molecule has 0 aliphatic carbocycles. The molecule has 5 nitrogen and oxygen atoms in total. The number of aryl methyl sites for hydroxylation is 1. The third-order valence-corrected chi connectivity index (χ3v) is 2.62. The quantitative estimate of drug-likeness (QED) is 0.534. The van der Waals surface area contributed by atoms with Crippen molar-refractivity contribution in [2.24, 2.45) is 0 Å². The number of hydrogen-bond donors (Lipinski definition) is 1. The van der Waals surface area contributed by atoms with Gasteiger partial charge in [0.15, 0.2) is 0 Å². The second-order valence-electron chi connectivity index (χ2n) is 3.03. The second kappa shape index (κ2) is 7.67. The molecule has 86 valence electrons. The predicted octanol–water partition coefficient (Wildman–Crippen LogP) is 1.10. The third kappa shape index (κ3) is 5.76. The standard InChI is InChI=1S/C9H17N3O2S/c1-8-11-12-9(14-8)15-7-3-4-10-5-6-13-2/h10H,3-7H2,1-2H3. The van der Waals surface area contributed by atoms with Gasteiger partial charge < -0.3 is 14.5 Å². The van der Waals surface area contributed by atoms with Crippen molar-refractivity contribution in [1.82, 2.24) is 15.5 Å². The summed E-state index contributed by atoms with van der Waals surface area (Å²) >= 11 is 1.59. The molecule has 0 aliphatic rings. The molecule has 1 rings (SSSR count). The maximum Gasteiger partial charge on any atom is 0.276 e. The van der Waals surface area contributed by atoms with E-state index in [0.717, 1.165) is 31.9 Å². The van der Waals surface area contributed by atoms with Gasteiger partial charge in [-0.2, -0.15) is 0 Å². The maximum absolute atomic E-state index is 5.23. The van der Waals surface area contributed by atoms with Crippen molar-refractivity contribution in [3.05, 3.63) is 5.89 Å². The molecule has 0 spiro atoms. The van der Waals surface area contributed by atoms with Crippen molar-refractivity contribution in [1.29, 1.82) is 0 Å². The molecule has 6 heteroatoms. The van der Waals surface area contributed by atoms with Crippen LogP contribution in [0.25, 0.3) is 0 Å². The van der Waals surface area contributed by atoms with E-state index in [4.69, 9.17) is 9.15 Å². The van der Waals surface area contributed by atoms with Gasteiger partial charge in [-0.1, -0.05) is 11.8 Å². The second-order valence-corrected chi connectivity index (χ2v) is 4.08. The van der Waals surface area contributed by atoms with E-state index in [1.54, 1.807) is 25.8 Å². The monoisotopic (exact) mass is 231 g/mol. The molecule has 1 aromatic heterocycles. The molecule has 0 unspecified atom stereocenters. The Kier molecular flexibility index (Phi) is 6.38. The summed E-state index contributed by atoms with van der Waals surface area (Å²) in [6.45, 7) is 4.45. The number of hydrogen-bond acceptors (Lipinski definition) is 6. The van der Waals surface area contributed by atoms with Gasteiger partial charge in [-0.05, 0) is 13.0 Å². The van der Waals surface area contributed by atoms with Crippen LogP contribution < -0.4 is 5.32 Å². The fraction of sp³-hybridized carbons (Fsp3) is 0.778. The Morgan fingerprint density at radius 3 is 2.93 bits per heavy atom. The third-order valence-electron chi connectivity index (χ3n) is 1.71. The summed E-state index contributed by atoms with van der Waals surface area (Å²) in [4.78, 5) is 0. The Hall–Kier alpha value is -0.590. The molecule has 0 fully saturated rings. The van der Waals surface area contributed by atoms with Gasteiger partial charge in [0.25, 0.3) is 5.22 Å². The number of rotatable bonds is 8. The first-order valence-electron chi connectivity index (χ1n) is 4.95. The molecule has 1 heterocycles. The molecular formula is C9H17N3O2S. The lowest BCUT2D eigenvalue weighted by molar-refractivity contribution is 0.199. The topological polar surface area (TPSA) is 60.2 Å². The van der Waals surface area contributed by atoms with Gasteiger partial charge >= 0.3 is 0 Å². The molecule has 0 amide bonds. The van der Waals surface area contributed by atoms with E-state index in [1.165, 1.54) is 0 Å². The van der Waals surface area contributed by atoms with E-state index < -0.39 is 0 Å². The van der Waals surface area contributed by atoms with Crippen molar-refractivity contribution in [3.8, 4) is 0 Å². The molecular weight excluding hydrogens is 214 g/mol. The van der Waals surface area contributed by atoms with Crippen LogP contribution in [0.3, 0.4) is 0 Å². The number of nitrogens with one attached hydrogen (secondary N) is 1. The van der Waals surface area contributed by atoms with Crippen LogP contribution >= 0.6 is 11.8 Å².